The summed E-state index contributed by atoms with van der Waals surface area (Å²) in [6, 6.07) is 9.06. The number of anilines is 2. The number of hydrogen-bond acceptors (Lipinski definition) is 4. The van der Waals surface area contributed by atoms with Crippen LogP contribution in [-0.4, -0.2) is 54.6 Å². The predicted octanol–water partition coefficient (Wildman–Crippen LogP) is 2.77. The van der Waals surface area contributed by atoms with E-state index in [1.54, 1.807) is 17.9 Å². The molecule has 2 aromatic rings. The Morgan fingerprint density at radius 1 is 1.04 bits per heavy atom. The molecule has 6 heteroatoms. The van der Waals surface area contributed by atoms with Gasteiger partial charge in [0.1, 0.15) is 11.6 Å². The van der Waals surface area contributed by atoms with Gasteiger partial charge in [0.2, 0.25) is 5.91 Å². The van der Waals surface area contributed by atoms with Crippen molar-refractivity contribution in [2.45, 2.75) is 26.3 Å². The minimum absolute atomic E-state index is 0.0835. The smallest absolute Gasteiger partial charge is 0.244 e. The molecule has 27 heavy (non-hydrogen) atoms. The topological polar surface area (TPSA) is 39.7 Å². The lowest BCUT2D eigenvalue weighted by Crippen LogP contribution is -2.52. The third-order valence-electron chi connectivity index (χ3n) is 5.62. The van der Waals surface area contributed by atoms with Crippen LogP contribution in [0.5, 0.6) is 0 Å². The molecule has 1 atom stereocenters. The van der Waals surface area contributed by atoms with E-state index in [-0.39, 0.29) is 17.8 Å². The van der Waals surface area contributed by atoms with Crippen LogP contribution in [0, 0.1) is 19.7 Å². The highest BCUT2D eigenvalue weighted by Crippen LogP contribution is 2.27. The van der Waals surface area contributed by atoms with Gasteiger partial charge in [-0.2, -0.15) is 0 Å². The molecule has 1 unspecified atom stereocenters. The molecule has 0 saturated carbocycles. The Kier molecular flexibility index (Phi) is 4.83. The summed E-state index contributed by atoms with van der Waals surface area (Å²) in [5.41, 5.74) is 2.41. The summed E-state index contributed by atoms with van der Waals surface area (Å²) in [7, 11) is 0. The van der Waals surface area contributed by atoms with Gasteiger partial charge in [-0.25, -0.2) is 9.37 Å². The first-order valence-corrected chi connectivity index (χ1v) is 9.52. The highest BCUT2D eigenvalue weighted by atomic mass is 19.1. The summed E-state index contributed by atoms with van der Waals surface area (Å²) in [6.07, 6.45) is 2.68. The van der Waals surface area contributed by atoms with E-state index in [0.29, 0.717) is 17.8 Å². The summed E-state index contributed by atoms with van der Waals surface area (Å²) in [4.78, 5) is 23.7. The van der Waals surface area contributed by atoms with Gasteiger partial charge in [0.05, 0.1) is 6.04 Å². The van der Waals surface area contributed by atoms with Crippen LogP contribution in [0.15, 0.2) is 36.5 Å². The molecule has 0 radical (unpaired) electrons. The number of nitrogens with zero attached hydrogens (tertiary/aromatic N) is 4. The summed E-state index contributed by atoms with van der Waals surface area (Å²) < 4.78 is 13.9. The average molecular weight is 368 g/mol. The summed E-state index contributed by atoms with van der Waals surface area (Å²) in [5.74, 6) is 0.817. The Balaban J connectivity index is 1.39. The number of aromatic nitrogens is 1. The second kappa shape index (κ2) is 7.27. The van der Waals surface area contributed by atoms with Crippen molar-refractivity contribution in [3.63, 3.8) is 0 Å². The van der Waals surface area contributed by atoms with Crippen LogP contribution in [0.25, 0.3) is 0 Å². The maximum atomic E-state index is 13.9. The summed E-state index contributed by atoms with van der Waals surface area (Å²) in [5, 5.41) is 0. The van der Waals surface area contributed by atoms with E-state index in [1.807, 2.05) is 19.2 Å². The Hall–Kier alpha value is -2.47. The first kappa shape index (κ1) is 17.9. The van der Waals surface area contributed by atoms with Crippen molar-refractivity contribution in [2.75, 3.05) is 42.5 Å². The average Bonchev–Trinajstić information content (AvgIpc) is 3.06. The standard InChI is InChI=1S/C21H25FN4O/c1-15-3-6-20(23-14-15)25-11-9-24(10-12-25)19-7-8-26(21(19)27)17-5-4-16(2)18(22)13-17/h3-6,13-14,19H,7-12H2,1-2H3. The molecule has 2 saturated heterocycles. The van der Waals surface area contributed by atoms with E-state index in [2.05, 4.69) is 26.9 Å². The van der Waals surface area contributed by atoms with E-state index in [0.717, 1.165) is 44.0 Å². The number of carbonyl (C=O) groups excluding carboxylic acids is 1. The Bertz CT molecular complexity index is 831. The van der Waals surface area contributed by atoms with Crippen molar-refractivity contribution >= 4 is 17.4 Å². The molecule has 142 valence electrons. The molecule has 0 bridgehead atoms. The van der Waals surface area contributed by atoms with Crippen molar-refractivity contribution in [3.8, 4) is 0 Å². The quantitative estimate of drug-likeness (QED) is 0.835. The molecule has 2 fully saturated rings. The Morgan fingerprint density at radius 3 is 2.48 bits per heavy atom. The van der Waals surface area contributed by atoms with Crippen LogP contribution in [0.2, 0.25) is 0 Å². The van der Waals surface area contributed by atoms with Gasteiger partial charge in [0, 0.05) is 44.6 Å². The molecule has 1 aromatic carbocycles. The number of amides is 1. The van der Waals surface area contributed by atoms with Crippen molar-refractivity contribution in [2.24, 2.45) is 0 Å². The van der Waals surface area contributed by atoms with Crippen LogP contribution in [-0.2, 0) is 4.79 Å². The highest BCUT2D eigenvalue weighted by molar-refractivity contribution is 5.99. The van der Waals surface area contributed by atoms with Crippen molar-refractivity contribution < 1.29 is 9.18 Å². The lowest BCUT2D eigenvalue weighted by Gasteiger charge is -2.37. The zero-order valence-corrected chi connectivity index (χ0v) is 15.9. The number of benzene rings is 1. The lowest BCUT2D eigenvalue weighted by molar-refractivity contribution is -0.121. The van der Waals surface area contributed by atoms with Crippen LogP contribution >= 0.6 is 0 Å². The summed E-state index contributed by atoms with van der Waals surface area (Å²) >= 11 is 0. The third-order valence-corrected chi connectivity index (χ3v) is 5.62. The number of rotatable bonds is 3. The fourth-order valence-electron chi connectivity index (χ4n) is 3.92. The van der Waals surface area contributed by atoms with Gasteiger partial charge in [0.25, 0.3) is 0 Å². The maximum Gasteiger partial charge on any atom is 0.244 e. The Labute approximate surface area is 159 Å². The minimum Gasteiger partial charge on any atom is -0.354 e. The number of carbonyl (C=O) groups is 1. The van der Waals surface area contributed by atoms with Gasteiger partial charge >= 0.3 is 0 Å². The number of hydrogen-bond donors (Lipinski definition) is 0. The van der Waals surface area contributed by atoms with E-state index in [4.69, 9.17) is 0 Å². The van der Waals surface area contributed by atoms with Crippen molar-refractivity contribution in [3.05, 3.63) is 53.5 Å². The molecule has 1 aromatic heterocycles. The van der Waals surface area contributed by atoms with Gasteiger partial charge in [-0.15, -0.1) is 0 Å². The zero-order valence-electron chi connectivity index (χ0n) is 15.9. The highest BCUT2D eigenvalue weighted by Gasteiger charge is 2.38. The van der Waals surface area contributed by atoms with Crippen LogP contribution < -0.4 is 9.80 Å². The van der Waals surface area contributed by atoms with Crippen LogP contribution in [0.1, 0.15) is 17.5 Å². The SMILES string of the molecule is Cc1ccc(N2CCN(C3CCN(c4ccc(C)c(F)c4)C3=O)CC2)nc1. The number of piperazine rings is 1. The predicted molar refractivity (Wildman–Crippen MR) is 105 cm³/mol. The first-order valence-electron chi connectivity index (χ1n) is 9.52. The molecule has 5 nitrogen and oxygen atoms in total. The second-order valence-corrected chi connectivity index (χ2v) is 7.44. The number of halogens is 1. The van der Waals surface area contributed by atoms with E-state index >= 15 is 0 Å². The molecule has 0 spiro atoms. The molecule has 2 aliphatic heterocycles. The van der Waals surface area contributed by atoms with Crippen molar-refractivity contribution in [1.82, 2.24) is 9.88 Å². The molecule has 1 amide bonds. The van der Waals surface area contributed by atoms with Gasteiger partial charge in [-0.1, -0.05) is 12.1 Å². The van der Waals surface area contributed by atoms with E-state index in [9.17, 15) is 9.18 Å². The minimum atomic E-state index is -0.261. The first-order chi connectivity index (χ1) is 13.0. The largest absolute Gasteiger partial charge is 0.354 e. The summed E-state index contributed by atoms with van der Waals surface area (Å²) in [6.45, 7) is 7.80. The second-order valence-electron chi connectivity index (χ2n) is 7.44. The van der Waals surface area contributed by atoms with Crippen LogP contribution in [0.3, 0.4) is 0 Å². The molecule has 4 rings (SSSR count). The molecular formula is C21H25FN4O. The van der Waals surface area contributed by atoms with E-state index in [1.165, 1.54) is 6.07 Å². The van der Waals surface area contributed by atoms with Crippen molar-refractivity contribution in [1.29, 1.82) is 0 Å². The monoisotopic (exact) mass is 368 g/mol. The van der Waals surface area contributed by atoms with Gasteiger partial charge in [-0.3, -0.25) is 9.69 Å². The fraction of sp³-hybridized carbons (Fsp3) is 0.429. The number of pyridine rings is 1. The Morgan fingerprint density at radius 2 is 1.81 bits per heavy atom. The number of aryl methyl sites for hydroxylation is 2. The lowest BCUT2D eigenvalue weighted by atomic mass is 10.1. The normalized spacial score (nSPS) is 21.1. The molecular weight excluding hydrogens is 343 g/mol. The van der Waals surface area contributed by atoms with E-state index < -0.39 is 0 Å². The molecule has 0 aliphatic carbocycles. The molecule has 3 heterocycles. The maximum absolute atomic E-state index is 13.9. The molecule has 2 aliphatic rings. The molecule has 0 N–H and O–H groups in total. The third kappa shape index (κ3) is 3.54. The van der Waals surface area contributed by atoms with Crippen LogP contribution in [0.4, 0.5) is 15.9 Å². The van der Waals surface area contributed by atoms with Gasteiger partial charge in [0.15, 0.2) is 0 Å². The van der Waals surface area contributed by atoms with Gasteiger partial charge in [-0.05, 0) is 49.6 Å². The zero-order chi connectivity index (χ0) is 19.0. The fourth-order valence-corrected chi connectivity index (χ4v) is 3.92. The van der Waals surface area contributed by atoms with Gasteiger partial charge < -0.3 is 9.80 Å².